The fourth-order valence-electron chi connectivity index (χ4n) is 6.33. The number of benzene rings is 7. The number of nitrogens with one attached hydrogen (secondary N) is 1. The third kappa shape index (κ3) is 9.37. The molecule has 9 rings (SSSR count). The number of aryl methyl sites for hydroxylation is 3. The average Bonchev–Trinajstić information content (AvgIpc) is 4.05. The first-order valence-electron chi connectivity index (χ1n) is 17.9. The lowest BCUT2D eigenvalue weighted by atomic mass is 9.35. The van der Waals surface area contributed by atoms with Crippen LogP contribution in [0.4, 0.5) is 0 Å². The van der Waals surface area contributed by atoms with Crippen molar-refractivity contribution in [1.82, 2.24) is 5.32 Å². The Hall–Kier alpha value is -4.92. The van der Waals surface area contributed by atoms with E-state index in [-0.39, 0.29) is 6.71 Å². The minimum atomic E-state index is 0.258. The van der Waals surface area contributed by atoms with Crippen LogP contribution in [0.1, 0.15) is 43.4 Å². The van der Waals surface area contributed by atoms with E-state index in [1.807, 2.05) is 50.2 Å². The first-order valence-corrected chi connectivity index (χ1v) is 17.9. The van der Waals surface area contributed by atoms with Crippen LogP contribution in [0.5, 0.6) is 0 Å². The Morgan fingerprint density at radius 1 is 0.510 bits per heavy atom. The molecule has 0 atom stereocenters. The van der Waals surface area contributed by atoms with Gasteiger partial charge in [0.05, 0.1) is 0 Å². The summed E-state index contributed by atoms with van der Waals surface area (Å²) in [7, 11) is 0. The van der Waals surface area contributed by atoms with Gasteiger partial charge in [0.15, 0.2) is 0 Å². The quantitative estimate of drug-likeness (QED) is 0.116. The van der Waals surface area contributed by atoms with E-state index in [1.165, 1.54) is 78.5 Å². The van der Waals surface area contributed by atoms with E-state index in [9.17, 15) is 0 Å². The summed E-state index contributed by atoms with van der Waals surface area (Å²) >= 11 is 0. The summed E-state index contributed by atoms with van der Waals surface area (Å²) in [4.78, 5) is 0. The van der Waals surface area contributed by atoms with Gasteiger partial charge in [-0.05, 0) is 71.5 Å². The molecule has 1 saturated heterocycles. The average molecular weight is 640 g/mol. The molecule has 0 spiro atoms. The highest BCUT2D eigenvalue weighted by Gasteiger charge is 2.26. The predicted octanol–water partition coefficient (Wildman–Crippen LogP) is 10.9. The molecule has 2 heteroatoms. The summed E-state index contributed by atoms with van der Waals surface area (Å²) < 4.78 is 0. The molecule has 1 nitrogen and oxygen atoms in total. The normalized spacial score (nSPS) is 12.6. The molecule has 1 fully saturated rings. The Labute approximate surface area is 294 Å². The van der Waals surface area contributed by atoms with Crippen LogP contribution in [0.25, 0.3) is 32.3 Å². The van der Waals surface area contributed by atoms with E-state index in [4.69, 9.17) is 0 Å². The Kier molecular flexibility index (Phi) is 13.0. The predicted molar refractivity (Wildman–Crippen MR) is 219 cm³/mol. The maximum Gasteiger partial charge on any atom is 0.241 e. The second-order valence-electron chi connectivity index (χ2n) is 12.5. The number of hydrogen-bond acceptors (Lipinski definition) is 1. The van der Waals surface area contributed by atoms with Gasteiger partial charge in [-0.3, -0.25) is 0 Å². The topological polar surface area (TPSA) is 21.9 Å². The highest BCUT2D eigenvalue weighted by Crippen LogP contribution is 2.35. The van der Waals surface area contributed by atoms with Gasteiger partial charge in [-0.25, -0.2) is 0 Å². The molecule has 7 aromatic rings. The third-order valence-electron chi connectivity index (χ3n) is 8.85. The van der Waals surface area contributed by atoms with Crippen molar-refractivity contribution in [3.63, 3.8) is 0 Å². The van der Waals surface area contributed by atoms with Crippen molar-refractivity contribution in [3.05, 3.63) is 180 Å². The van der Waals surface area contributed by atoms with Crippen LogP contribution < -0.4 is 16.2 Å². The summed E-state index contributed by atoms with van der Waals surface area (Å²) in [5, 5.41) is 11.2. The smallest absolute Gasteiger partial charge is 0.241 e. The van der Waals surface area contributed by atoms with Crippen molar-refractivity contribution in [2.45, 2.75) is 47.5 Å². The largest absolute Gasteiger partial charge is 0.314 e. The highest BCUT2D eigenvalue weighted by atomic mass is 15.0. The van der Waals surface area contributed by atoms with Gasteiger partial charge in [0, 0.05) is 13.1 Å². The van der Waals surface area contributed by atoms with Gasteiger partial charge in [-0.15, -0.1) is 0 Å². The Bertz CT molecular complexity index is 2040. The van der Waals surface area contributed by atoms with Crippen molar-refractivity contribution >= 4 is 50.0 Å². The van der Waals surface area contributed by atoms with Crippen molar-refractivity contribution in [2.24, 2.45) is 0 Å². The molecule has 0 unspecified atom stereocenters. The maximum atomic E-state index is 3.00. The Balaban J connectivity index is 0.000000200. The zero-order valence-corrected chi connectivity index (χ0v) is 29.9. The zero-order valence-electron chi connectivity index (χ0n) is 29.9. The molecule has 7 aromatic carbocycles. The molecule has 49 heavy (non-hydrogen) atoms. The summed E-state index contributed by atoms with van der Waals surface area (Å²) in [6.07, 6.45) is 9.36. The standard InChI is InChI=1S/C29H23B.2C7H8.C2H5N.C2H6/c1-20-12-13-21-14-15-22-16-19-27(26-18-17-25(20)28(21)29(22)26)30(23-8-4-2-5-9-23)24-10-6-3-7-11-24;2*1-7-5-3-2-4-6-7;1-2-3-1;1-2/h2,4-6,8-19H,3,7H2,1H3;2*2-6H,1H3;3H,1-2H2;1-2H3. The molecule has 0 saturated carbocycles. The van der Waals surface area contributed by atoms with Gasteiger partial charge in [0.2, 0.25) is 6.71 Å². The summed E-state index contributed by atoms with van der Waals surface area (Å²) in [6, 6.07) is 49.9. The molecule has 0 amide bonds. The van der Waals surface area contributed by atoms with Crippen molar-refractivity contribution < 1.29 is 0 Å². The van der Waals surface area contributed by atoms with Gasteiger partial charge < -0.3 is 5.32 Å². The van der Waals surface area contributed by atoms with Crippen LogP contribution in [0.3, 0.4) is 0 Å². The maximum absolute atomic E-state index is 3.00. The first kappa shape index (κ1) is 35.4. The van der Waals surface area contributed by atoms with E-state index in [0.29, 0.717) is 0 Å². The lowest BCUT2D eigenvalue weighted by Gasteiger charge is -2.22. The lowest BCUT2D eigenvalue weighted by molar-refractivity contribution is 1.03. The number of allylic oxidation sites excluding steroid dienone is 4. The molecule has 1 heterocycles. The SMILES string of the molecule is C1CN1.CC.Cc1ccc2ccc3ccc(B(C4=CCCC=C4)c4ccccc4)c4ccc1c2c34.Cc1ccccc1.Cc1ccccc1. The van der Waals surface area contributed by atoms with Crippen LogP contribution in [0.2, 0.25) is 0 Å². The molecule has 0 radical (unpaired) electrons. The first-order chi connectivity index (χ1) is 24.1. The van der Waals surface area contributed by atoms with Gasteiger partial charge in [0.25, 0.3) is 0 Å². The molecule has 2 aliphatic rings. The molecular formula is C47H50BN. The lowest BCUT2D eigenvalue weighted by Crippen LogP contribution is -2.44. The fraction of sp³-hybridized carbons (Fsp3) is 0.191. The zero-order chi connectivity index (χ0) is 34.4. The van der Waals surface area contributed by atoms with Crippen LogP contribution in [0.15, 0.2) is 163 Å². The number of rotatable bonds is 3. The van der Waals surface area contributed by atoms with Crippen molar-refractivity contribution in [2.75, 3.05) is 13.1 Å². The van der Waals surface area contributed by atoms with Gasteiger partial charge in [-0.1, -0.05) is 199 Å². The van der Waals surface area contributed by atoms with E-state index >= 15 is 0 Å². The van der Waals surface area contributed by atoms with Crippen molar-refractivity contribution in [1.29, 1.82) is 0 Å². The van der Waals surface area contributed by atoms with Crippen LogP contribution in [-0.4, -0.2) is 19.8 Å². The van der Waals surface area contributed by atoms with Gasteiger partial charge >= 0.3 is 0 Å². The molecule has 246 valence electrons. The van der Waals surface area contributed by atoms with Crippen molar-refractivity contribution in [3.8, 4) is 0 Å². The van der Waals surface area contributed by atoms with E-state index in [2.05, 4.69) is 147 Å². The molecule has 1 aliphatic carbocycles. The highest BCUT2D eigenvalue weighted by molar-refractivity contribution is 6.93. The Morgan fingerprint density at radius 2 is 1.00 bits per heavy atom. The summed E-state index contributed by atoms with van der Waals surface area (Å²) in [5.41, 5.74) is 8.17. The van der Waals surface area contributed by atoms with Crippen LogP contribution in [0, 0.1) is 20.8 Å². The van der Waals surface area contributed by atoms with Gasteiger partial charge in [-0.2, -0.15) is 0 Å². The van der Waals surface area contributed by atoms with Crippen LogP contribution in [-0.2, 0) is 0 Å². The molecule has 1 N–H and O–H groups in total. The Morgan fingerprint density at radius 3 is 1.49 bits per heavy atom. The van der Waals surface area contributed by atoms with E-state index in [0.717, 1.165) is 12.8 Å². The third-order valence-corrected chi connectivity index (χ3v) is 8.85. The van der Waals surface area contributed by atoms with E-state index in [1.54, 1.807) is 0 Å². The minimum Gasteiger partial charge on any atom is -0.314 e. The number of hydrogen-bond donors (Lipinski definition) is 1. The molecule has 0 bridgehead atoms. The molecule has 0 aromatic heterocycles. The minimum absolute atomic E-state index is 0.258. The second-order valence-corrected chi connectivity index (χ2v) is 12.5. The molecular weight excluding hydrogens is 589 g/mol. The monoisotopic (exact) mass is 639 g/mol. The van der Waals surface area contributed by atoms with Crippen LogP contribution >= 0.6 is 0 Å². The summed E-state index contributed by atoms with van der Waals surface area (Å²) in [5.74, 6) is 0. The van der Waals surface area contributed by atoms with Gasteiger partial charge in [0.1, 0.15) is 0 Å². The summed E-state index contributed by atoms with van der Waals surface area (Å²) in [6.45, 7) is 13.1. The second kappa shape index (κ2) is 18.0. The van der Waals surface area contributed by atoms with E-state index < -0.39 is 0 Å². The fourth-order valence-corrected chi connectivity index (χ4v) is 6.33. The molecule has 1 aliphatic heterocycles.